The highest BCUT2D eigenvalue weighted by molar-refractivity contribution is 5.78. The van der Waals surface area contributed by atoms with Crippen LogP contribution < -0.4 is 0 Å². The zero-order valence-corrected chi connectivity index (χ0v) is 5.18. The zero-order valence-electron chi connectivity index (χ0n) is 5.18. The molecule has 0 aromatic heterocycles. The average molecular weight is 109 g/mol. The van der Waals surface area contributed by atoms with E-state index < -0.39 is 0 Å². The summed E-state index contributed by atoms with van der Waals surface area (Å²) in [6.07, 6.45) is 4.41. The Labute approximate surface area is 49.3 Å². The van der Waals surface area contributed by atoms with Crippen molar-refractivity contribution in [1.82, 2.24) is 0 Å². The van der Waals surface area contributed by atoms with Crippen molar-refractivity contribution in [3.05, 3.63) is 0 Å². The molecule has 0 atom stereocenters. The van der Waals surface area contributed by atoms with Gasteiger partial charge in [-0.25, -0.2) is 4.99 Å². The first-order valence-corrected chi connectivity index (χ1v) is 2.66. The molecule has 0 aromatic rings. The van der Waals surface area contributed by atoms with E-state index in [0.29, 0.717) is 0 Å². The van der Waals surface area contributed by atoms with Gasteiger partial charge in [0.1, 0.15) is 0 Å². The third-order valence-corrected chi connectivity index (χ3v) is 1.03. The van der Waals surface area contributed by atoms with Crippen molar-refractivity contribution in [2.24, 2.45) is 15.4 Å². The fourth-order valence-corrected chi connectivity index (χ4v) is 0.524. The first-order chi connectivity index (χ1) is 3.71. The lowest BCUT2D eigenvalue weighted by Gasteiger charge is -2.16. The molecule has 1 radical (unpaired) electrons. The van der Waals surface area contributed by atoms with Gasteiger partial charge in [-0.3, -0.25) is 4.99 Å². The Hall–Kier alpha value is -0.660. The fourth-order valence-electron chi connectivity index (χ4n) is 0.524. The van der Waals surface area contributed by atoms with Crippen LogP contribution in [-0.4, -0.2) is 19.1 Å². The molecule has 0 amide bonds. The second-order valence-electron chi connectivity index (χ2n) is 2.66. The van der Waals surface area contributed by atoms with E-state index in [1.165, 1.54) is 0 Å². The second kappa shape index (κ2) is 1.69. The van der Waals surface area contributed by atoms with Crippen molar-refractivity contribution in [1.29, 1.82) is 0 Å². The summed E-state index contributed by atoms with van der Waals surface area (Å²) in [4.78, 5) is 7.67. The Morgan fingerprint density at radius 3 is 2.62 bits per heavy atom. The summed E-state index contributed by atoms with van der Waals surface area (Å²) >= 11 is 0. The van der Waals surface area contributed by atoms with E-state index in [-0.39, 0.29) is 5.41 Å². The molecule has 1 aliphatic heterocycles. The average Bonchev–Trinajstić information content (AvgIpc) is 1.65. The summed E-state index contributed by atoms with van der Waals surface area (Å²) in [5.41, 5.74) is 0.158. The zero-order chi connectivity index (χ0) is 6.04. The van der Waals surface area contributed by atoms with Crippen molar-refractivity contribution >= 4 is 12.6 Å². The largest absolute Gasteiger partial charge is 0.263 e. The maximum atomic E-state index is 3.88. The van der Waals surface area contributed by atoms with Crippen molar-refractivity contribution in [3.8, 4) is 0 Å². The van der Waals surface area contributed by atoms with E-state index in [1.807, 2.05) is 6.21 Å². The third kappa shape index (κ3) is 1.15. The SMILES string of the molecule is CC1(C)C=N[C]=NC1. The van der Waals surface area contributed by atoms with Crippen molar-refractivity contribution in [2.45, 2.75) is 13.8 Å². The first-order valence-electron chi connectivity index (χ1n) is 2.66. The van der Waals surface area contributed by atoms with Crippen molar-refractivity contribution in [2.75, 3.05) is 6.54 Å². The van der Waals surface area contributed by atoms with Crippen LogP contribution in [0, 0.1) is 5.41 Å². The molecule has 0 unspecified atom stereocenters. The molecule has 0 aromatic carbocycles. The highest BCUT2D eigenvalue weighted by Crippen LogP contribution is 2.13. The minimum atomic E-state index is 0.158. The number of hydrogen-bond acceptors (Lipinski definition) is 2. The molecular formula is C6H9N2. The van der Waals surface area contributed by atoms with Crippen LogP contribution >= 0.6 is 0 Å². The standard InChI is InChI=1S/C6H9N2/c1-6(2)3-7-5-8-4-6/h3H,4H2,1-2H3. The quantitative estimate of drug-likeness (QED) is 0.443. The monoisotopic (exact) mass is 109 g/mol. The summed E-state index contributed by atoms with van der Waals surface area (Å²) in [7, 11) is 0. The van der Waals surface area contributed by atoms with Crippen LogP contribution in [0.3, 0.4) is 0 Å². The smallest absolute Gasteiger partial charge is 0.192 e. The molecule has 0 bridgehead atoms. The molecule has 2 heteroatoms. The molecule has 0 N–H and O–H groups in total. The topological polar surface area (TPSA) is 24.7 Å². The molecule has 8 heavy (non-hydrogen) atoms. The molecule has 1 heterocycles. The predicted molar refractivity (Wildman–Crippen MR) is 34.6 cm³/mol. The van der Waals surface area contributed by atoms with E-state index in [9.17, 15) is 0 Å². The first kappa shape index (κ1) is 5.48. The highest BCUT2D eigenvalue weighted by atomic mass is 14.9. The summed E-state index contributed by atoms with van der Waals surface area (Å²) in [5.74, 6) is 0. The van der Waals surface area contributed by atoms with Gasteiger partial charge in [0.25, 0.3) is 0 Å². The van der Waals surface area contributed by atoms with Crippen LogP contribution in [0.2, 0.25) is 0 Å². The number of nitrogens with zero attached hydrogens (tertiary/aromatic N) is 2. The molecule has 0 spiro atoms. The Morgan fingerprint density at radius 1 is 1.62 bits per heavy atom. The molecule has 0 saturated heterocycles. The van der Waals surface area contributed by atoms with Gasteiger partial charge in [-0.15, -0.1) is 0 Å². The van der Waals surface area contributed by atoms with Gasteiger partial charge in [-0.1, -0.05) is 13.8 Å². The molecule has 43 valence electrons. The van der Waals surface area contributed by atoms with Gasteiger partial charge in [-0.05, 0) is 0 Å². The van der Waals surface area contributed by atoms with Gasteiger partial charge in [0, 0.05) is 11.6 Å². The van der Waals surface area contributed by atoms with Gasteiger partial charge in [0.2, 0.25) is 0 Å². The lowest BCUT2D eigenvalue weighted by atomic mass is 9.95. The Kier molecular flexibility index (Phi) is 1.16. The molecule has 1 aliphatic rings. The van der Waals surface area contributed by atoms with Gasteiger partial charge >= 0.3 is 0 Å². The molecule has 2 nitrogen and oxygen atoms in total. The van der Waals surface area contributed by atoms with Crippen LogP contribution in [0.5, 0.6) is 0 Å². The maximum absolute atomic E-state index is 3.88. The minimum Gasteiger partial charge on any atom is -0.263 e. The van der Waals surface area contributed by atoms with E-state index in [2.05, 4.69) is 30.2 Å². The molecule has 0 aliphatic carbocycles. The molecule has 0 saturated carbocycles. The number of rotatable bonds is 0. The molecule has 1 rings (SSSR count). The Morgan fingerprint density at radius 2 is 2.38 bits per heavy atom. The highest BCUT2D eigenvalue weighted by Gasteiger charge is 2.14. The van der Waals surface area contributed by atoms with Gasteiger partial charge in [-0.2, -0.15) is 0 Å². The number of aliphatic imine (C=N–C) groups is 2. The Bertz CT molecular complexity index is 133. The lowest BCUT2D eigenvalue weighted by molar-refractivity contribution is 0.548. The van der Waals surface area contributed by atoms with Gasteiger partial charge in [0.15, 0.2) is 6.34 Å². The molecule has 0 fully saturated rings. The minimum absolute atomic E-state index is 0.158. The van der Waals surface area contributed by atoms with Crippen molar-refractivity contribution < 1.29 is 0 Å². The van der Waals surface area contributed by atoms with Crippen LogP contribution in [0.15, 0.2) is 9.98 Å². The van der Waals surface area contributed by atoms with E-state index in [4.69, 9.17) is 0 Å². The third-order valence-electron chi connectivity index (χ3n) is 1.03. The normalized spacial score (nSPS) is 23.8. The van der Waals surface area contributed by atoms with E-state index in [0.717, 1.165) is 6.54 Å². The summed E-state index contributed by atoms with van der Waals surface area (Å²) in [6, 6.07) is 0. The van der Waals surface area contributed by atoms with Crippen LogP contribution in [0.1, 0.15) is 13.8 Å². The fraction of sp³-hybridized carbons (Fsp3) is 0.667. The van der Waals surface area contributed by atoms with Crippen LogP contribution in [0.25, 0.3) is 0 Å². The summed E-state index contributed by atoms with van der Waals surface area (Å²) < 4.78 is 0. The summed E-state index contributed by atoms with van der Waals surface area (Å²) in [6.45, 7) is 5.01. The van der Waals surface area contributed by atoms with Gasteiger partial charge in [0.05, 0.1) is 6.54 Å². The predicted octanol–water partition coefficient (Wildman–Crippen LogP) is 1.00. The number of hydrogen-bond donors (Lipinski definition) is 0. The maximum Gasteiger partial charge on any atom is 0.192 e. The van der Waals surface area contributed by atoms with E-state index >= 15 is 0 Å². The Balaban J connectivity index is 2.65. The van der Waals surface area contributed by atoms with E-state index in [1.54, 1.807) is 0 Å². The molecular weight excluding hydrogens is 100 g/mol. The van der Waals surface area contributed by atoms with Crippen LogP contribution in [0.4, 0.5) is 0 Å². The van der Waals surface area contributed by atoms with Crippen molar-refractivity contribution in [3.63, 3.8) is 0 Å². The second-order valence-corrected chi connectivity index (χ2v) is 2.66. The van der Waals surface area contributed by atoms with Gasteiger partial charge < -0.3 is 0 Å². The summed E-state index contributed by atoms with van der Waals surface area (Å²) in [5, 5.41) is 0. The lowest BCUT2D eigenvalue weighted by Crippen LogP contribution is -2.19. The van der Waals surface area contributed by atoms with Crippen LogP contribution in [-0.2, 0) is 0 Å².